The monoisotopic (exact) mass is 318 g/mol. The molecule has 2 aromatic rings. The summed E-state index contributed by atoms with van der Waals surface area (Å²) >= 11 is 0. The lowest BCUT2D eigenvalue weighted by molar-refractivity contribution is -0.121. The molecule has 2 rings (SSSR count). The maximum Gasteiger partial charge on any atom is 0.329 e. The topological polar surface area (TPSA) is 59.3 Å². The Morgan fingerprint density at radius 2 is 1.96 bits per heavy atom. The van der Waals surface area contributed by atoms with Crippen LogP contribution in [0.15, 0.2) is 29.1 Å². The number of amides is 1. The van der Waals surface area contributed by atoms with E-state index < -0.39 is 0 Å². The molecule has 126 valence electrons. The van der Waals surface area contributed by atoms with Gasteiger partial charge in [0.25, 0.3) is 0 Å². The van der Waals surface area contributed by atoms with Gasteiger partial charge < -0.3 is 10.2 Å². The Bertz CT molecular complexity index is 732. The van der Waals surface area contributed by atoms with Gasteiger partial charge in [-0.2, -0.15) is 0 Å². The van der Waals surface area contributed by atoms with E-state index in [1.165, 1.54) is 4.57 Å². The van der Waals surface area contributed by atoms with Gasteiger partial charge in [-0.25, -0.2) is 4.79 Å². The molecule has 23 heavy (non-hydrogen) atoms. The van der Waals surface area contributed by atoms with Crippen LogP contribution in [0, 0.1) is 0 Å². The predicted octanol–water partition coefficient (Wildman–Crippen LogP) is 1.19. The standard InChI is InChI=1S/C17H26N4O2/c1-5-13(2)19(3)11-10-18-16(22)12-21-15-9-7-6-8-14(15)20(4)17(21)23/h6-9,13H,5,10-12H2,1-4H3,(H,18,22). The maximum atomic E-state index is 12.3. The Balaban J connectivity index is 1.99. The Labute approximate surface area is 136 Å². The van der Waals surface area contributed by atoms with Crippen LogP contribution < -0.4 is 11.0 Å². The third-order valence-corrected chi connectivity index (χ3v) is 4.48. The molecule has 1 amide bonds. The van der Waals surface area contributed by atoms with Gasteiger partial charge in [-0.3, -0.25) is 13.9 Å². The Morgan fingerprint density at radius 3 is 2.61 bits per heavy atom. The number of aromatic nitrogens is 2. The maximum absolute atomic E-state index is 12.3. The van der Waals surface area contributed by atoms with Gasteiger partial charge >= 0.3 is 5.69 Å². The average Bonchev–Trinajstić information content (AvgIpc) is 2.79. The van der Waals surface area contributed by atoms with E-state index in [9.17, 15) is 9.59 Å². The molecule has 0 saturated heterocycles. The van der Waals surface area contributed by atoms with Crippen molar-refractivity contribution in [2.75, 3.05) is 20.1 Å². The molecular weight excluding hydrogens is 292 g/mol. The van der Waals surface area contributed by atoms with Crippen molar-refractivity contribution in [2.24, 2.45) is 7.05 Å². The highest BCUT2D eigenvalue weighted by atomic mass is 16.2. The molecule has 1 aromatic heterocycles. The van der Waals surface area contributed by atoms with Crippen LogP contribution in [-0.4, -0.2) is 46.1 Å². The number of fused-ring (bicyclic) bond motifs is 1. The van der Waals surface area contributed by atoms with E-state index in [1.54, 1.807) is 11.6 Å². The second kappa shape index (κ2) is 7.46. The minimum atomic E-state index is -0.168. The van der Waals surface area contributed by atoms with Gasteiger partial charge in [-0.1, -0.05) is 19.1 Å². The number of imidazole rings is 1. The molecule has 0 bridgehead atoms. The summed E-state index contributed by atoms with van der Waals surface area (Å²) < 4.78 is 3.09. The van der Waals surface area contributed by atoms with Gasteiger partial charge in [-0.05, 0) is 32.5 Å². The van der Waals surface area contributed by atoms with Crippen LogP contribution >= 0.6 is 0 Å². The van der Waals surface area contributed by atoms with E-state index in [-0.39, 0.29) is 18.1 Å². The first-order valence-electron chi connectivity index (χ1n) is 8.06. The fourth-order valence-electron chi connectivity index (χ4n) is 2.62. The number of benzene rings is 1. The summed E-state index contributed by atoms with van der Waals surface area (Å²) in [6, 6.07) is 7.99. The average molecular weight is 318 g/mol. The third-order valence-electron chi connectivity index (χ3n) is 4.48. The molecule has 0 saturated carbocycles. The van der Waals surface area contributed by atoms with Crippen LogP contribution in [0.2, 0.25) is 0 Å². The third kappa shape index (κ3) is 3.82. The molecule has 0 radical (unpaired) electrons. The zero-order valence-electron chi connectivity index (χ0n) is 14.4. The number of para-hydroxylation sites is 2. The highest BCUT2D eigenvalue weighted by Crippen LogP contribution is 2.11. The fourth-order valence-corrected chi connectivity index (χ4v) is 2.62. The second-order valence-corrected chi connectivity index (χ2v) is 6.00. The summed E-state index contributed by atoms with van der Waals surface area (Å²) in [6.07, 6.45) is 1.08. The highest BCUT2D eigenvalue weighted by Gasteiger charge is 2.13. The van der Waals surface area contributed by atoms with Gasteiger partial charge in [0.05, 0.1) is 11.0 Å². The van der Waals surface area contributed by atoms with Crippen molar-refractivity contribution >= 4 is 16.9 Å². The minimum Gasteiger partial charge on any atom is -0.353 e. The molecule has 6 heteroatoms. The molecule has 1 N–H and O–H groups in total. The van der Waals surface area contributed by atoms with Crippen molar-refractivity contribution in [1.82, 2.24) is 19.4 Å². The van der Waals surface area contributed by atoms with Crippen molar-refractivity contribution in [3.05, 3.63) is 34.7 Å². The number of carbonyl (C=O) groups is 1. The van der Waals surface area contributed by atoms with E-state index in [0.29, 0.717) is 12.6 Å². The first kappa shape index (κ1) is 17.3. The number of hydrogen-bond acceptors (Lipinski definition) is 3. The fraction of sp³-hybridized carbons (Fsp3) is 0.529. The number of carbonyl (C=O) groups excluding carboxylic acids is 1. The summed E-state index contributed by atoms with van der Waals surface area (Å²) in [5.41, 5.74) is 1.45. The van der Waals surface area contributed by atoms with Crippen molar-refractivity contribution < 1.29 is 4.79 Å². The van der Waals surface area contributed by atoms with Crippen molar-refractivity contribution in [2.45, 2.75) is 32.9 Å². The SMILES string of the molecule is CCC(C)N(C)CCNC(=O)Cn1c(=O)n(C)c2ccccc21. The number of aryl methyl sites for hydroxylation is 1. The van der Waals surface area contributed by atoms with E-state index in [2.05, 4.69) is 31.1 Å². The van der Waals surface area contributed by atoms with Crippen LogP contribution in [0.5, 0.6) is 0 Å². The molecule has 1 atom stereocenters. The van der Waals surface area contributed by atoms with Crippen molar-refractivity contribution in [3.63, 3.8) is 0 Å². The molecule has 6 nitrogen and oxygen atoms in total. The Kier molecular flexibility index (Phi) is 5.60. The Morgan fingerprint density at radius 1 is 1.30 bits per heavy atom. The molecule has 1 unspecified atom stereocenters. The smallest absolute Gasteiger partial charge is 0.329 e. The minimum absolute atomic E-state index is 0.0488. The van der Waals surface area contributed by atoms with Crippen LogP contribution in [0.25, 0.3) is 11.0 Å². The predicted molar refractivity (Wildman–Crippen MR) is 92.6 cm³/mol. The van der Waals surface area contributed by atoms with Gasteiger partial charge in [0.2, 0.25) is 5.91 Å². The number of rotatable bonds is 7. The molecular formula is C17H26N4O2. The summed E-state index contributed by atoms with van der Waals surface area (Å²) in [4.78, 5) is 26.6. The highest BCUT2D eigenvalue weighted by molar-refractivity contribution is 5.80. The number of hydrogen-bond donors (Lipinski definition) is 1. The van der Waals surface area contributed by atoms with E-state index in [4.69, 9.17) is 0 Å². The number of nitrogens with zero attached hydrogens (tertiary/aromatic N) is 3. The first-order valence-corrected chi connectivity index (χ1v) is 8.06. The van der Waals surface area contributed by atoms with E-state index >= 15 is 0 Å². The molecule has 0 aliphatic rings. The van der Waals surface area contributed by atoms with E-state index in [1.807, 2.05) is 24.3 Å². The zero-order valence-corrected chi connectivity index (χ0v) is 14.4. The summed E-state index contributed by atoms with van der Waals surface area (Å²) in [5, 5.41) is 2.89. The van der Waals surface area contributed by atoms with Crippen LogP contribution in [0.3, 0.4) is 0 Å². The molecule has 0 spiro atoms. The lowest BCUT2D eigenvalue weighted by Crippen LogP contribution is -2.39. The lowest BCUT2D eigenvalue weighted by atomic mass is 10.2. The van der Waals surface area contributed by atoms with E-state index in [0.717, 1.165) is 24.0 Å². The van der Waals surface area contributed by atoms with Crippen LogP contribution in [-0.2, 0) is 18.4 Å². The Hall–Kier alpha value is -2.08. The van der Waals surface area contributed by atoms with Crippen molar-refractivity contribution in [1.29, 1.82) is 0 Å². The van der Waals surface area contributed by atoms with Gasteiger partial charge in [0.15, 0.2) is 0 Å². The van der Waals surface area contributed by atoms with Gasteiger partial charge in [-0.15, -0.1) is 0 Å². The summed E-state index contributed by atoms with van der Waals surface area (Å²) in [6.45, 7) is 5.74. The largest absolute Gasteiger partial charge is 0.353 e. The summed E-state index contributed by atoms with van der Waals surface area (Å²) in [7, 11) is 3.77. The van der Waals surface area contributed by atoms with Crippen molar-refractivity contribution in [3.8, 4) is 0 Å². The lowest BCUT2D eigenvalue weighted by Gasteiger charge is -2.23. The zero-order chi connectivity index (χ0) is 17.0. The molecule has 0 aliphatic carbocycles. The molecule has 0 aliphatic heterocycles. The second-order valence-electron chi connectivity index (χ2n) is 6.00. The normalized spacial score (nSPS) is 12.7. The number of likely N-dealkylation sites (N-methyl/N-ethyl adjacent to an activating group) is 1. The number of nitrogens with one attached hydrogen (secondary N) is 1. The van der Waals surface area contributed by atoms with Crippen LogP contribution in [0.4, 0.5) is 0 Å². The van der Waals surface area contributed by atoms with Crippen LogP contribution in [0.1, 0.15) is 20.3 Å². The van der Waals surface area contributed by atoms with Gasteiger partial charge in [0.1, 0.15) is 6.54 Å². The van der Waals surface area contributed by atoms with Gasteiger partial charge in [0, 0.05) is 26.2 Å². The summed E-state index contributed by atoms with van der Waals surface area (Å²) in [5.74, 6) is -0.138. The first-order chi connectivity index (χ1) is 11.0. The molecule has 1 heterocycles. The molecule has 0 fully saturated rings. The molecule has 1 aromatic carbocycles. The quantitative estimate of drug-likeness (QED) is 0.834.